The Morgan fingerprint density at radius 2 is 1.85 bits per heavy atom. The molecular formula is C29H48O4. The Kier molecular flexibility index (Phi) is 7.37. The van der Waals surface area contributed by atoms with Gasteiger partial charge in [0.25, 0.3) is 0 Å². The van der Waals surface area contributed by atoms with Crippen LogP contribution >= 0.6 is 0 Å². The molecule has 0 unspecified atom stereocenters. The smallest absolute Gasteiger partial charge is 0.339 e. The number of carbonyl (C=O) groups excluding carboxylic acids is 1. The first-order valence-electron chi connectivity index (χ1n) is 13.8. The number of aliphatic hydroxyl groups is 1. The Morgan fingerprint density at radius 1 is 1.09 bits per heavy atom. The molecule has 0 aromatic carbocycles. The third-order valence-corrected chi connectivity index (χ3v) is 10.6. The number of rotatable bonds is 7. The Morgan fingerprint density at radius 3 is 2.55 bits per heavy atom. The summed E-state index contributed by atoms with van der Waals surface area (Å²) in [6.07, 6.45) is 13.6. The van der Waals surface area contributed by atoms with Gasteiger partial charge in [-0.25, -0.2) is 4.79 Å². The predicted octanol–water partition coefficient (Wildman–Crippen LogP) is 6.86. The summed E-state index contributed by atoms with van der Waals surface area (Å²) in [7, 11) is 0. The maximum absolute atomic E-state index is 11.6. The van der Waals surface area contributed by atoms with Crippen LogP contribution in [0.2, 0.25) is 0 Å². The van der Waals surface area contributed by atoms with Crippen LogP contribution in [0.5, 0.6) is 0 Å². The molecule has 0 bridgehead atoms. The van der Waals surface area contributed by atoms with Crippen molar-refractivity contribution >= 4 is 5.97 Å². The molecule has 4 aliphatic rings. The molecule has 9 atom stereocenters. The van der Waals surface area contributed by atoms with Crippen molar-refractivity contribution in [2.45, 2.75) is 118 Å². The summed E-state index contributed by atoms with van der Waals surface area (Å²) < 4.78 is 0. The molecule has 4 nitrogen and oxygen atoms in total. The average Bonchev–Trinajstić information content (AvgIpc) is 3.09. The van der Waals surface area contributed by atoms with Crippen LogP contribution < -0.4 is 0 Å². The lowest BCUT2D eigenvalue weighted by molar-refractivity contribution is -0.309. The van der Waals surface area contributed by atoms with Gasteiger partial charge in [0.1, 0.15) is 6.10 Å². The van der Waals surface area contributed by atoms with E-state index in [1.54, 1.807) is 0 Å². The normalized spacial score (nSPS) is 43.3. The molecule has 0 amide bonds. The highest BCUT2D eigenvalue weighted by Gasteiger charge is 2.61. The van der Waals surface area contributed by atoms with Crippen molar-refractivity contribution in [3.05, 3.63) is 11.6 Å². The molecule has 0 heterocycles. The average molecular weight is 461 g/mol. The molecule has 0 aromatic heterocycles. The number of carbonyl (C=O) groups is 1. The fourth-order valence-electron chi connectivity index (χ4n) is 8.84. The number of hydrogen-bond acceptors (Lipinski definition) is 4. The maximum Gasteiger partial charge on any atom is 0.339 e. The molecule has 0 aliphatic heterocycles. The zero-order valence-electron chi connectivity index (χ0n) is 21.9. The summed E-state index contributed by atoms with van der Waals surface area (Å²) in [4.78, 5) is 22.6. The zero-order chi connectivity index (χ0) is 24.0. The monoisotopic (exact) mass is 460 g/mol. The quantitative estimate of drug-likeness (QED) is 0.256. The fourth-order valence-corrected chi connectivity index (χ4v) is 8.84. The molecule has 0 aromatic rings. The molecule has 1 N–H and O–H groups in total. The minimum Gasteiger partial charge on any atom is -0.393 e. The van der Waals surface area contributed by atoms with E-state index < -0.39 is 0 Å². The van der Waals surface area contributed by atoms with Crippen molar-refractivity contribution in [2.24, 2.45) is 46.3 Å². The summed E-state index contributed by atoms with van der Waals surface area (Å²) in [5, 5.41) is 10.4. The Bertz CT molecular complexity index is 744. The summed E-state index contributed by atoms with van der Waals surface area (Å²) >= 11 is 0. The van der Waals surface area contributed by atoms with Crippen LogP contribution in [-0.4, -0.2) is 23.3 Å². The number of fused-ring (bicyclic) bond motifs is 5. The van der Waals surface area contributed by atoms with Crippen molar-refractivity contribution < 1.29 is 19.7 Å². The molecule has 4 aliphatic carbocycles. The number of hydrogen-bond donors (Lipinski definition) is 1. The van der Waals surface area contributed by atoms with Gasteiger partial charge in [-0.15, -0.1) is 0 Å². The van der Waals surface area contributed by atoms with E-state index in [-0.39, 0.29) is 23.6 Å². The van der Waals surface area contributed by atoms with Crippen molar-refractivity contribution in [2.75, 3.05) is 0 Å². The molecule has 3 saturated carbocycles. The molecule has 0 spiro atoms. The van der Waals surface area contributed by atoms with Gasteiger partial charge in [0.2, 0.25) is 0 Å². The second-order valence-electron chi connectivity index (χ2n) is 13.0. The largest absolute Gasteiger partial charge is 0.393 e. The first kappa shape index (κ1) is 25.2. The summed E-state index contributed by atoms with van der Waals surface area (Å²) in [6, 6.07) is 0. The lowest BCUT2D eigenvalue weighted by Crippen LogP contribution is -2.55. The lowest BCUT2D eigenvalue weighted by atomic mass is 9.46. The second kappa shape index (κ2) is 9.64. The SMILES string of the molecule is CC(=O)OO[C@@H]1C=C2C[C@@H](O)CC[C@]2(C)[C@H]2CC[C@]3(C)[C@@H]([C@H](C)CCCC(C)C)CC[C@H]3[C@H]12. The van der Waals surface area contributed by atoms with Gasteiger partial charge >= 0.3 is 5.97 Å². The summed E-state index contributed by atoms with van der Waals surface area (Å²) in [5.74, 6) is 3.48. The van der Waals surface area contributed by atoms with Gasteiger partial charge in [-0.2, -0.15) is 4.89 Å². The van der Waals surface area contributed by atoms with Crippen molar-refractivity contribution in [3.8, 4) is 0 Å². The predicted molar refractivity (Wildman–Crippen MR) is 131 cm³/mol. The molecule has 3 fully saturated rings. The first-order chi connectivity index (χ1) is 15.6. The van der Waals surface area contributed by atoms with Gasteiger partial charge in [0.15, 0.2) is 0 Å². The van der Waals surface area contributed by atoms with Gasteiger partial charge in [0.05, 0.1) is 6.10 Å². The molecule has 33 heavy (non-hydrogen) atoms. The first-order valence-corrected chi connectivity index (χ1v) is 13.8. The van der Waals surface area contributed by atoms with Gasteiger partial charge < -0.3 is 5.11 Å². The highest BCUT2D eigenvalue weighted by Crippen LogP contribution is 2.67. The Labute approximate surface area is 201 Å². The number of aliphatic hydroxyl groups excluding tert-OH is 1. The van der Waals surface area contributed by atoms with Crippen LogP contribution in [0.25, 0.3) is 0 Å². The van der Waals surface area contributed by atoms with E-state index in [4.69, 9.17) is 9.78 Å². The van der Waals surface area contributed by atoms with Crippen LogP contribution in [0, 0.1) is 46.3 Å². The van der Waals surface area contributed by atoms with E-state index >= 15 is 0 Å². The molecule has 0 saturated heterocycles. The van der Waals surface area contributed by atoms with E-state index in [1.807, 2.05) is 0 Å². The summed E-state index contributed by atoms with van der Waals surface area (Å²) in [6.45, 7) is 13.6. The highest BCUT2D eigenvalue weighted by atomic mass is 17.2. The van der Waals surface area contributed by atoms with E-state index in [0.29, 0.717) is 23.2 Å². The van der Waals surface area contributed by atoms with Crippen molar-refractivity contribution in [1.82, 2.24) is 0 Å². The van der Waals surface area contributed by atoms with E-state index in [9.17, 15) is 9.90 Å². The van der Waals surface area contributed by atoms with Crippen LogP contribution in [0.3, 0.4) is 0 Å². The van der Waals surface area contributed by atoms with E-state index in [2.05, 4.69) is 40.7 Å². The highest BCUT2D eigenvalue weighted by molar-refractivity contribution is 5.65. The third kappa shape index (κ3) is 4.68. The van der Waals surface area contributed by atoms with Crippen LogP contribution in [0.4, 0.5) is 0 Å². The third-order valence-electron chi connectivity index (χ3n) is 10.6. The topological polar surface area (TPSA) is 55.8 Å². The van der Waals surface area contributed by atoms with Gasteiger partial charge in [-0.3, -0.25) is 4.89 Å². The van der Waals surface area contributed by atoms with Crippen LogP contribution in [0.15, 0.2) is 11.6 Å². The Balaban J connectivity index is 1.60. The van der Waals surface area contributed by atoms with Gasteiger partial charge in [0, 0.05) is 6.92 Å². The van der Waals surface area contributed by atoms with E-state index in [0.717, 1.165) is 37.0 Å². The van der Waals surface area contributed by atoms with Gasteiger partial charge in [-0.05, 0) is 91.3 Å². The van der Waals surface area contributed by atoms with Crippen LogP contribution in [0.1, 0.15) is 106 Å². The van der Waals surface area contributed by atoms with E-state index in [1.165, 1.54) is 57.4 Å². The van der Waals surface area contributed by atoms with Crippen molar-refractivity contribution in [1.29, 1.82) is 0 Å². The molecule has 4 heteroatoms. The molecule has 4 rings (SSSR count). The lowest BCUT2D eigenvalue weighted by Gasteiger charge is -2.59. The van der Waals surface area contributed by atoms with Gasteiger partial charge in [-0.1, -0.05) is 65.5 Å². The molecular weight excluding hydrogens is 412 g/mol. The Hall–Kier alpha value is -0.870. The van der Waals surface area contributed by atoms with Crippen LogP contribution in [-0.2, 0) is 14.6 Å². The molecule has 188 valence electrons. The fraction of sp³-hybridized carbons (Fsp3) is 0.897. The minimum atomic E-state index is -0.386. The molecule has 0 radical (unpaired) electrons. The van der Waals surface area contributed by atoms with Crippen molar-refractivity contribution in [3.63, 3.8) is 0 Å². The standard InChI is InChI=1S/C29H48O4/c1-18(2)8-7-9-19(3)23-10-11-24-27-25(13-15-29(23,24)6)28(5)14-12-22(31)16-21(28)17-26(27)33-32-20(4)30/h17-19,22-27,31H,7-16H2,1-6H3/t19-,22+,23-,24+,25+,26-,27+,28+,29-/m1/s1. The minimum absolute atomic E-state index is 0.141. The summed E-state index contributed by atoms with van der Waals surface area (Å²) in [5.41, 5.74) is 1.81. The second-order valence-corrected chi connectivity index (χ2v) is 13.0. The zero-order valence-corrected chi connectivity index (χ0v) is 21.9. The maximum atomic E-state index is 11.6.